The predicted octanol–water partition coefficient (Wildman–Crippen LogP) is 5.82. The summed E-state index contributed by atoms with van der Waals surface area (Å²) in [5.74, 6) is 0. The smallest absolute Gasteiger partial charge is 0.249 e. The van der Waals surface area contributed by atoms with Crippen LogP contribution in [0.25, 0.3) is 22.0 Å². The standard InChI is InChI=1S/C28H26N4O.C2H6/c1-18-7-9-21(10-8-18)28(29,26-16-30-17-32(26)3)22-11-12-25-24(14-22)23(15-27(33)31-25)20-6-4-5-19(2)13-20;1-2/h4-17H,29H2,1-3H3,(H,31,33);1-2H3. The normalized spacial score (nSPS) is 12.6. The van der Waals surface area contributed by atoms with E-state index >= 15 is 0 Å². The molecule has 35 heavy (non-hydrogen) atoms. The van der Waals surface area contributed by atoms with Gasteiger partial charge in [-0.1, -0.05) is 79.6 Å². The Kier molecular flexibility index (Phi) is 6.72. The zero-order chi connectivity index (χ0) is 25.2. The molecule has 3 aromatic carbocycles. The van der Waals surface area contributed by atoms with E-state index in [0.29, 0.717) is 0 Å². The zero-order valence-electron chi connectivity index (χ0n) is 21.0. The first-order valence-corrected chi connectivity index (χ1v) is 11.9. The lowest BCUT2D eigenvalue weighted by atomic mass is 9.80. The Balaban J connectivity index is 0.00000141. The van der Waals surface area contributed by atoms with Gasteiger partial charge in [0.2, 0.25) is 5.56 Å². The molecule has 0 saturated heterocycles. The molecule has 1 atom stereocenters. The lowest BCUT2D eigenvalue weighted by molar-refractivity contribution is 0.596. The number of H-pyrrole nitrogens is 1. The van der Waals surface area contributed by atoms with Gasteiger partial charge in [0, 0.05) is 24.0 Å². The second kappa shape index (κ2) is 9.72. The van der Waals surface area contributed by atoms with Crippen LogP contribution < -0.4 is 11.3 Å². The van der Waals surface area contributed by atoms with Gasteiger partial charge in [0.1, 0.15) is 5.54 Å². The summed E-state index contributed by atoms with van der Waals surface area (Å²) < 4.78 is 1.96. The molecule has 3 N–H and O–H groups in total. The highest BCUT2D eigenvalue weighted by atomic mass is 16.1. The average Bonchev–Trinajstić information content (AvgIpc) is 3.31. The molecule has 5 rings (SSSR count). The minimum Gasteiger partial charge on any atom is -0.336 e. The molecule has 1 unspecified atom stereocenters. The van der Waals surface area contributed by atoms with E-state index < -0.39 is 5.54 Å². The Hall–Kier alpha value is -3.96. The molecule has 0 aliphatic carbocycles. The highest BCUT2D eigenvalue weighted by Gasteiger charge is 2.35. The number of pyridine rings is 1. The molecule has 0 aliphatic rings. The van der Waals surface area contributed by atoms with Crippen LogP contribution in [0.15, 0.2) is 90.1 Å². The molecule has 0 fully saturated rings. The van der Waals surface area contributed by atoms with Crippen molar-refractivity contribution in [2.45, 2.75) is 33.2 Å². The zero-order valence-corrected chi connectivity index (χ0v) is 21.0. The highest BCUT2D eigenvalue weighted by molar-refractivity contribution is 5.95. The molecule has 0 aliphatic heterocycles. The van der Waals surface area contributed by atoms with Crippen molar-refractivity contribution in [3.63, 3.8) is 0 Å². The maximum absolute atomic E-state index is 12.4. The number of benzene rings is 3. The third-order valence-corrected chi connectivity index (χ3v) is 6.36. The number of aromatic amines is 1. The number of aryl methyl sites for hydroxylation is 3. The Morgan fingerprint density at radius 2 is 1.60 bits per heavy atom. The first kappa shape index (κ1) is 24.2. The molecule has 0 radical (unpaired) electrons. The summed E-state index contributed by atoms with van der Waals surface area (Å²) in [7, 11) is 1.95. The second-order valence-corrected chi connectivity index (χ2v) is 8.74. The lowest BCUT2D eigenvalue weighted by Crippen LogP contribution is -2.41. The van der Waals surface area contributed by atoms with Gasteiger partial charge < -0.3 is 15.3 Å². The fourth-order valence-electron chi connectivity index (χ4n) is 4.57. The van der Waals surface area contributed by atoms with E-state index in [1.54, 1.807) is 12.4 Å². The Morgan fingerprint density at radius 3 is 2.26 bits per heavy atom. The van der Waals surface area contributed by atoms with E-state index in [2.05, 4.69) is 66.3 Å². The van der Waals surface area contributed by atoms with Gasteiger partial charge >= 0.3 is 0 Å². The van der Waals surface area contributed by atoms with Crippen molar-refractivity contribution >= 4 is 10.9 Å². The Bertz CT molecular complexity index is 1530. The summed E-state index contributed by atoms with van der Waals surface area (Å²) in [4.78, 5) is 19.8. The van der Waals surface area contributed by atoms with Crippen molar-refractivity contribution in [3.8, 4) is 11.1 Å². The van der Waals surface area contributed by atoms with Crippen LogP contribution in [-0.4, -0.2) is 14.5 Å². The van der Waals surface area contributed by atoms with Gasteiger partial charge in [-0.3, -0.25) is 4.79 Å². The van der Waals surface area contributed by atoms with E-state index in [9.17, 15) is 4.79 Å². The maximum atomic E-state index is 12.4. The van der Waals surface area contributed by atoms with Gasteiger partial charge in [-0.15, -0.1) is 0 Å². The molecular formula is C30H32N4O. The van der Waals surface area contributed by atoms with Crippen LogP contribution >= 0.6 is 0 Å². The number of rotatable bonds is 4. The molecular weight excluding hydrogens is 432 g/mol. The van der Waals surface area contributed by atoms with Crippen LogP contribution in [0.4, 0.5) is 0 Å². The lowest BCUT2D eigenvalue weighted by Gasteiger charge is -2.31. The van der Waals surface area contributed by atoms with Crippen molar-refractivity contribution < 1.29 is 0 Å². The first-order valence-electron chi connectivity index (χ1n) is 11.9. The molecule has 5 aromatic rings. The molecule has 2 heterocycles. The molecule has 2 aromatic heterocycles. The summed E-state index contributed by atoms with van der Waals surface area (Å²) in [6.07, 6.45) is 3.58. The third-order valence-electron chi connectivity index (χ3n) is 6.36. The topological polar surface area (TPSA) is 76.7 Å². The summed E-state index contributed by atoms with van der Waals surface area (Å²) in [6, 6.07) is 24.2. The van der Waals surface area contributed by atoms with Crippen LogP contribution in [0.5, 0.6) is 0 Å². The molecule has 0 amide bonds. The fourth-order valence-corrected chi connectivity index (χ4v) is 4.57. The quantitative estimate of drug-likeness (QED) is 0.352. The van der Waals surface area contributed by atoms with Crippen LogP contribution in [-0.2, 0) is 12.6 Å². The third kappa shape index (κ3) is 4.43. The van der Waals surface area contributed by atoms with E-state index in [1.807, 2.05) is 55.9 Å². The van der Waals surface area contributed by atoms with Crippen molar-refractivity contribution in [3.05, 3.63) is 124 Å². The van der Waals surface area contributed by atoms with Crippen molar-refractivity contribution in [2.24, 2.45) is 12.8 Å². The Morgan fingerprint density at radius 1 is 0.886 bits per heavy atom. The molecule has 5 heteroatoms. The highest BCUT2D eigenvalue weighted by Crippen LogP contribution is 2.37. The minimum atomic E-state index is -0.923. The summed E-state index contributed by atoms with van der Waals surface area (Å²) in [5.41, 5.74) is 13.9. The maximum Gasteiger partial charge on any atom is 0.249 e. The van der Waals surface area contributed by atoms with Crippen LogP contribution in [0.2, 0.25) is 0 Å². The number of aromatic nitrogens is 3. The summed E-state index contributed by atoms with van der Waals surface area (Å²) in [6.45, 7) is 8.11. The van der Waals surface area contributed by atoms with Crippen LogP contribution in [0.3, 0.4) is 0 Å². The van der Waals surface area contributed by atoms with Crippen molar-refractivity contribution in [1.29, 1.82) is 0 Å². The number of hydrogen-bond acceptors (Lipinski definition) is 3. The summed E-state index contributed by atoms with van der Waals surface area (Å²) >= 11 is 0. The van der Waals surface area contributed by atoms with Gasteiger partial charge in [-0.2, -0.15) is 0 Å². The number of hydrogen-bond donors (Lipinski definition) is 2. The van der Waals surface area contributed by atoms with E-state index in [0.717, 1.165) is 44.4 Å². The van der Waals surface area contributed by atoms with E-state index in [-0.39, 0.29) is 5.56 Å². The predicted molar refractivity (Wildman–Crippen MR) is 145 cm³/mol. The Labute approximate surface area is 206 Å². The summed E-state index contributed by atoms with van der Waals surface area (Å²) in [5, 5.41) is 0.946. The number of nitrogens with one attached hydrogen (secondary N) is 1. The first-order chi connectivity index (χ1) is 16.9. The number of imidazole rings is 1. The monoisotopic (exact) mass is 464 g/mol. The molecule has 178 valence electrons. The minimum absolute atomic E-state index is 0.129. The van der Waals surface area contributed by atoms with E-state index in [1.165, 1.54) is 5.56 Å². The molecule has 0 saturated carbocycles. The van der Waals surface area contributed by atoms with Crippen molar-refractivity contribution in [2.75, 3.05) is 0 Å². The molecule has 0 bridgehead atoms. The molecule has 0 spiro atoms. The molecule has 5 nitrogen and oxygen atoms in total. The average molecular weight is 465 g/mol. The van der Waals surface area contributed by atoms with Crippen LogP contribution in [0.1, 0.15) is 41.8 Å². The fraction of sp³-hybridized carbons (Fsp3) is 0.200. The van der Waals surface area contributed by atoms with Gasteiger partial charge in [-0.05, 0) is 48.2 Å². The van der Waals surface area contributed by atoms with Gasteiger partial charge in [0.15, 0.2) is 0 Å². The number of nitrogens with zero attached hydrogens (tertiary/aromatic N) is 2. The number of fused-ring (bicyclic) bond motifs is 1. The van der Waals surface area contributed by atoms with Gasteiger partial charge in [-0.25, -0.2) is 4.98 Å². The van der Waals surface area contributed by atoms with Crippen LogP contribution in [0, 0.1) is 13.8 Å². The number of nitrogens with two attached hydrogens (primary N) is 1. The van der Waals surface area contributed by atoms with Gasteiger partial charge in [0.05, 0.1) is 18.2 Å². The van der Waals surface area contributed by atoms with E-state index in [4.69, 9.17) is 5.73 Å². The second-order valence-electron chi connectivity index (χ2n) is 8.74. The van der Waals surface area contributed by atoms with Gasteiger partial charge in [0.25, 0.3) is 0 Å². The SMILES string of the molecule is CC.Cc1ccc(C(N)(c2ccc3[nH]c(=O)cc(-c4cccc(C)c4)c3c2)c2cncn2C)cc1. The van der Waals surface area contributed by atoms with Crippen molar-refractivity contribution in [1.82, 2.24) is 14.5 Å². The largest absolute Gasteiger partial charge is 0.336 e.